The molecule has 0 spiro atoms. The van der Waals surface area contributed by atoms with Crippen LogP contribution >= 0.6 is 0 Å². The molecule has 3 aromatic rings. The van der Waals surface area contributed by atoms with Crippen molar-refractivity contribution in [2.45, 2.75) is 6.54 Å². The number of nitrogens with one attached hydrogen (secondary N) is 1. The second kappa shape index (κ2) is 7.52. The number of carbonyl (C=O) groups is 1. The van der Waals surface area contributed by atoms with Crippen LogP contribution in [0.5, 0.6) is 5.75 Å². The molecular formula is C17H14N4O6. The van der Waals surface area contributed by atoms with Crippen molar-refractivity contribution in [1.82, 2.24) is 9.78 Å². The first-order valence-electron chi connectivity index (χ1n) is 7.72. The van der Waals surface area contributed by atoms with Gasteiger partial charge in [-0.25, -0.2) is 4.68 Å². The second-order valence-corrected chi connectivity index (χ2v) is 5.38. The molecule has 27 heavy (non-hydrogen) atoms. The third-order valence-electron chi connectivity index (χ3n) is 3.60. The Morgan fingerprint density at radius 1 is 1.33 bits per heavy atom. The number of non-ortho nitro benzene ring substituents is 1. The third-order valence-corrected chi connectivity index (χ3v) is 3.60. The third kappa shape index (κ3) is 4.00. The Morgan fingerprint density at radius 3 is 2.81 bits per heavy atom. The summed E-state index contributed by atoms with van der Waals surface area (Å²) < 4.78 is 11.3. The second-order valence-electron chi connectivity index (χ2n) is 5.38. The summed E-state index contributed by atoms with van der Waals surface area (Å²) in [5.74, 6) is 0.100. The molecule has 138 valence electrons. The Balaban J connectivity index is 1.82. The van der Waals surface area contributed by atoms with Gasteiger partial charge in [0.2, 0.25) is 5.91 Å². The first-order valence-corrected chi connectivity index (χ1v) is 7.72. The van der Waals surface area contributed by atoms with Crippen LogP contribution in [-0.4, -0.2) is 27.7 Å². The molecular weight excluding hydrogens is 356 g/mol. The minimum absolute atomic E-state index is 0.118. The maximum absolute atomic E-state index is 12.3. The number of furan rings is 1. The summed E-state index contributed by atoms with van der Waals surface area (Å²) in [7, 11) is 1.37. The van der Waals surface area contributed by atoms with Crippen molar-refractivity contribution in [3.05, 3.63) is 69.2 Å². The van der Waals surface area contributed by atoms with Gasteiger partial charge in [0.25, 0.3) is 11.2 Å². The highest BCUT2D eigenvalue weighted by molar-refractivity contribution is 5.92. The van der Waals surface area contributed by atoms with E-state index in [0.717, 1.165) is 4.68 Å². The lowest BCUT2D eigenvalue weighted by molar-refractivity contribution is -0.384. The molecule has 10 nitrogen and oxygen atoms in total. The first kappa shape index (κ1) is 17.9. The van der Waals surface area contributed by atoms with E-state index in [1.807, 2.05) is 0 Å². The number of anilines is 1. The van der Waals surface area contributed by atoms with Crippen LogP contribution in [-0.2, 0) is 11.3 Å². The molecule has 0 fully saturated rings. The summed E-state index contributed by atoms with van der Waals surface area (Å²) in [6.45, 7) is -0.390. The number of hydrogen-bond donors (Lipinski definition) is 1. The minimum atomic E-state index is -0.597. The molecule has 3 rings (SSSR count). The fraction of sp³-hybridized carbons (Fsp3) is 0.118. The van der Waals surface area contributed by atoms with Gasteiger partial charge in [-0.15, -0.1) is 0 Å². The van der Waals surface area contributed by atoms with Gasteiger partial charge in [-0.3, -0.25) is 19.7 Å². The topological polar surface area (TPSA) is 130 Å². The maximum atomic E-state index is 12.3. The standard InChI is InChI=1S/C17H14N4O6/c1-26-14-6-4-11(21(24)25)9-13(14)18-16(22)10-20-17(23)7-5-12(19-20)15-3-2-8-27-15/h2-9H,10H2,1H3,(H,18,22). The lowest BCUT2D eigenvalue weighted by atomic mass is 10.2. The highest BCUT2D eigenvalue weighted by Gasteiger charge is 2.15. The molecule has 0 saturated carbocycles. The number of aromatic nitrogens is 2. The number of rotatable bonds is 6. The van der Waals surface area contributed by atoms with E-state index >= 15 is 0 Å². The molecule has 10 heteroatoms. The Kier molecular flexibility index (Phi) is 4.97. The molecule has 0 aliphatic carbocycles. The minimum Gasteiger partial charge on any atom is -0.495 e. The quantitative estimate of drug-likeness (QED) is 0.519. The van der Waals surface area contributed by atoms with Gasteiger partial charge in [-0.05, 0) is 24.3 Å². The number of nitro groups is 1. The van der Waals surface area contributed by atoms with Crippen molar-refractivity contribution in [3.63, 3.8) is 0 Å². The smallest absolute Gasteiger partial charge is 0.271 e. The van der Waals surface area contributed by atoms with Crippen molar-refractivity contribution < 1.29 is 18.9 Å². The van der Waals surface area contributed by atoms with Crippen molar-refractivity contribution in [3.8, 4) is 17.2 Å². The lowest BCUT2D eigenvalue weighted by Crippen LogP contribution is -2.29. The molecule has 0 saturated heterocycles. The van der Waals surface area contributed by atoms with Crippen LogP contribution < -0.4 is 15.6 Å². The van der Waals surface area contributed by atoms with Crippen LogP contribution in [0.25, 0.3) is 11.5 Å². The van der Waals surface area contributed by atoms with Gasteiger partial charge in [0.1, 0.15) is 18.0 Å². The van der Waals surface area contributed by atoms with E-state index in [4.69, 9.17) is 9.15 Å². The zero-order valence-electron chi connectivity index (χ0n) is 14.1. The number of hydrogen-bond acceptors (Lipinski definition) is 7. The molecule has 0 atom stereocenters. The number of nitro benzene ring substituents is 1. The van der Waals surface area contributed by atoms with Crippen molar-refractivity contribution in [1.29, 1.82) is 0 Å². The first-order chi connectivity index (χ1) is 13.0. The van der Waals surface area contributed by atoms with E-state index in [2.05, 4.69) is 10.4 Å². The van der Waals surface area contributed by atoms with Gasteiger partial charge in [-0.1, -0.05) is 0 Å². The Labute approximate surface area is 152 Å². The number of ether oxygens (including phenoxy) is 1. The molecule has 0 aliphatic heterocycles. The van der Waals surface area contributed by atoms with Crippen LogP contribution in [0, 0.1) is 10.1 Å². The van der Waals surface area contributed by atoms with Crippen LogP contribution in [0.3, 0.4) is 0 Å². The summed E-state index contributed by atoms with van der Waals surface area (Å²) >= 11 is 0. The highest BCUT2D eigenvalue weighted by atomic mass is 16.6. The van der Waals surface area contributed by atoms with Gasteiger partial charge < -0.3 is 14.5 Å². The average Bonchev–Trinajstić information content (AvgIpc) is 3.18. The fourth-order valence-electron chi connectivity index (χ4n) is 2.35. The number of carbonyl (C=O) groups excluding carboxylic acids is 1. The fourth-order valence-corrected chi connectivity index (χ4v) is 2.35. The average molecular weight is 370 g/mol. The van der Waals surface area contributed by atoms with Crippen molar-refractivity contribution in [2.75, 3.05) is 12.4 Å². The summed E-state index contributed by atoms with van der Waals surface area (Å²) in [6.07, 6.45) is 1.47. The van der Waals surface area contributed by atoms with E-state index in [-0.39, 0.29) is 23.7 Å². The molecule has 0 aliphatic rings. The maximum Gasteiger partial charge on any atom is 0.271 e. The van der Waals surface area contributed by atoms with E-state index in [0.29, 0.717) is 11.5 Å². The molecule has 2 aromatic heterocycles. The summed E-state index contributed by atoms with van der Waals surface area (Å²) in [5, 5.41) is 17.5. The normalized spacial score (nSPS) is 10.4. The van der Waals surface area contributed by atoms with Crippen LogP contribution in [0.4, 0.5) is 11.4 Å². The van der Waals surface area contributed by atoms with Crippen molar-refractivity contribution in [2.24, 2.45) is 0 Å². The molecule has 2 heterocycles. The molecule has 1 N–H and O–H groups in total. The lowest BCUT2D eigenvalue weighted by Gasteiger charge is -2.10. The van der Waals surface area contributed by atoms with Crippen LogP contribution in [0.15, 0.2) is 57.9 Å². The Hall–Kier alpha value is -3.95. The summed E-state index contributed by atoms with van der Waals surface area (Å²) in [5.41, 5.74) is -0.181. The van der Waals surface area contributed by atoms with E-state index in [9.17, 15) is 19.7 Å². The Morgan fingerprint density at radius 2 is 2.15 bits per heavy atom. The summed E-state index contributed by atoms with van der Waals surface area (Å²) in [6, 6.07) is 9.90. The Bertz CT molecular complexity index is 1040. The zero-order valence-corrected chi connectivity index (χ0v) is 14.1. The van der Waals surface area contributed by atoms with Crippen molar-refractivity contribution >= 4 is 17.3 Å². The summed E-state index contributed by atoms with van der Waals surface area (Å²) in [4.78, 5) is 34.6. The van der Waals surface area contributed by atoms with E-state index in [1.165, 1.54) is 43.7 Å². The molecule has 1 aromatic carbocycles. The molecule has 0 bridgehead atoms. The van der Waals surface area contributed by atoms with Gasteiger partial charge in [0, 0.05) is 18.2 Å². The monoisotopic (exact) mass is 370 g/mol. The largest absolute Gasteiger partial charge is 0.495 e. The zero-order chi connectivity index (χ0) is 19.4. The predicted octanol–water partition coefficient (Wildman–Crippen LogP) is 2.06. The van der Waals surface area contributed by atoms with E-state index in [1.54, 1.807) is 12.1 Å². The SMILES string of the molecule is COc1ccc([N+](=O)[O-])cc1NC(=O)Cn1nc(-c2ccco2)ccc1=O. The van der Waals surface area contributed by atoms with Gasteiger partial charge in [-0.2, -0.15) is 5.10 Å². The highest BCUT2D eigenvalue weighted by Crippen LogP contribution is 2.28. The molecule has 0 radical (unpaired) electrons. The number of amides is 1. The number of benzene rings is 1. The van der Waals surface area contributed by atoms with Gasteiger partial charge in [0.15, 0.2) is 5.76 Å². The number of nitrogens with zero attached hydrogens (tertiary/aromatic N) is 3. The molecule has 1 amide bonds. The van der Waals surface area contributed by atoms with E-state index < -0.39 is 16.4 Å². The van der Waals surface area contributed by atoms with Crippen LogP contribution in [0.2, 0.25) is 0 Å². The van der Waals surface area contributed by atoms with Gasteiger partial charge >= 0.3 is 0 Å². The predicted molar refractivity (Wildman–Crippen MR) is 94.5 cm³/mol. The van der Waals surface area contributed by atoms with Crippen LogP contribution in [0.1, 0.15) is 0 Å². The molecule has 0 unspecified atom stereocenters. The number of methoxy groups -OCH3 is 1. The van der Waals surface area contributed by atoms with Gasteiger partial charge in [0.05, 0.1) is 24.0 Å².